The SMILES string of the molecule is COc1ccccc1C(C)N1CCc2c(ncnc2N2CCN(C3CCC3)CC2)C1. The summed E-state index contributed by atoms with van der Waals surface area (Å²) in [5.74, 6) is 2.14. The lowest BCUT2D eigenvalue weighted by Gasteiger charge is -2.44. The first-order chi connectivity index (χ1) is 14.7. The Hall–Kier alpha value is -2.18. The zero-order chi connectivity index (χ0) is 20.5. The summed E-state index contributed by atoms with van der Waals surface area (Å²) in [6, 6.07) is 9.48. The van der Waals surface area contributed by atoms with E-state index in [9.17, 15) is 0 Å². The molecule has 1 unspecified atom stereocenters. The van der Waals surface area contributed by atoms with Crippen molar-refractivity contribution >= 4 is 5.82 Å². The molecule has 30 heavy (non-hydrogen) atoms. The second kappa shape index (κ2) is 8.52. The molecule has 6 heteroatoms. The van der Waals surface area contributed by atoms with Crippen molar-refractivity contribution < 1.29 is 4.74 Å². The lowest BCUT2D eigenvalue weighted by molar-refractivity contribution is 0.120. The minimum Gasteiger partial charge on any atom is -0.496 e. The summed E-state index contributed by atoms with van der Waals surface area (Å²) in [6.07, 6.45) is 6.97. The van der Waals surface area contributed by atoms with Crippen LogP contribution in [0.3, 0.4) is 0 Å². The number of hydrogen-bond donors (Lipinski definition) is 0. The van der Waals surface area contributed by atoms with Crippen molar-refractivity contribution in [3.63, 3.8) is 0 Å². The van der Waals surface area contributed by atoms with Crippen molar-refractivity contribution in [3.05, 3.63) is 47.4 Å². The van der Waals surface area contributed by atoms with Gasteiger partial charge in [0.2, 0.25) is 0 Å². The number of fused-ring (bicyclic) bond motifs is 1. The van der Waals surface area contributed by atoms with Crippen molar-refractivity contribution in [2.24, 2.45) is 0 Å². The number of ether oxygens (including phenoxy) is 1. The molecule has 1 aromatic carbocycles. The molecule has 1 aromatic heterocycles. The Morgan fingerprint density at radius 3 is 2.57 bits per heavy atom. The van der Waals surface area contributed by atoms with Gasteiger partial charge in [0.25, 0.3) is 0 Å². The highest BCUT2D eigenvalue weighted by Gasteiger charge is 2.31. The number of anilines is 1. The highest BCUT2D eigenvalue weighted by molar-refractivity contribution is 5.50. The number of nitrogens with zero attached hydrogens (tertiary/aromatic N) is 5. The van der Waals surface area contributed by atoms with Gasteiger partial charge in [0.15, 0.2) is 0 Å². The zero-order valence-corrected chi connectivity index (χ0v) is 18.3. The summed E-state index contributed by atoms with van der Waals surface area (Å²) >= 11 is 0. The summed E-state index contributed by atoms with van der Waals surface area (Å²) in [6.45, 7) is 8.66. The van der Waals surface area contributed by atoms with Crippen LogP contribution >= 0.6 is 0 Å². The summed E-state index contributed by atoms with van der Waals surface area (Å²) < 4.78 is 5.60. The standard InChI is InChI=1S/C24H33N5O/c1-18(20-8-3-4-9-23(20)30-2)29-11-10-21-22(16-29)25-17-26-24(21)28-14-12-27(13-15-28)19-6-5-7-19/h3-4,8-9,17-19H,5-7,10-16H2,1-2H3. The molecule has 2 aliphatic heterocycles. The van der Waals surface area contributed by atoms with E-state index in [0.29, 0.717) is 6.04 Å². The second-order valence-corrected chi connectivity index (χ2v) is 8.87. The smallest absolute Gasteiger partial charge is 0.135 e. The Morgan fingerprint density at radius 2 is 1.83 bits per heavy atom. The second-order valence-electron chi connectivity index (χ2n) is 8.87. The molecule has 2 fully saturated rings. The fraction of sp³-hybridized carbons (Fsp3) is 0.583. The minimum atomic E-state index is 0.290. The molecule has 0 spiro atoms. The third-order valence-electron chi connectivity index (χ3n) is 7.36. The van der Waals surface area contributed by atoms with Crippen LogP contribution in [-0.2, 0) is 13.0 Å². The van der Waals surface area contributed by atoms with Gasteiger partial charge in [0, 0.05) is 62.5 Å². The Balaban J connectivity index is 1.30. The van der Waals surface area contributed by atoms with E-state index in [1.54, 1.807) is 13.4 Å². The molecule has 0 N–H and O–H groups in total. The molecule has 3 aliphatic rings. The first kappa shape index (κ1) is 19.8. The Labute approximate surface area is 179 Å². The van der Waals surface area contributed by atoms with E-state index < -0.39 is 0 Å². The molecule has 3 heterocycles. The first-order valence-electron chi connectivity index (χ1n) is 11.4. The van der Waals surface area contributed by atoms with Crippen LogP contribution in [0.1, 0.15) is 49.0 Å². The maximum atomic E-state index is 5.60. The summed E-state index contributed by atoms with van der Waals surface area (Å²) in [7, 11) is 1.75. The topological polar surface area (TPSA) is 44.7 Å². The van der Waals surface area contributed by atoms with Crippen molar-refractivity contribution in [3.8, 4) is 5.75 Å². The van der Waals surface area contributed by atoms with Gasteiger partial charge >= 0.3 is 0 Å². The Morgan fingerprint density at radius 1 is 1.03 bits per heavy atom. The van der Waals surface area contributed by atoms with Gasteiger partial charge < -0.3 is 9.64 Å². The maximum absolute atomic E-state index is 5.60. The molecule has 1 aliphatic carbocycles. The molecule has 1 saturated heterocycles. The normalized spacial score (nSPS) is 21.7. The van der Waals surface area contributed by atoms with Crippen LogP contribution < -0.4 is 9.64 Å². The van der Waals surface area contributed by atoms with Crippen molar-refractivity contribution in [1.29, 1.82) is 0 Å². The summed E-state index contributed by atoms with van der Waals surface area (Å²) in [5, 5.41) is 0. The van der Waals surface area contributed by atoms with Crippen LogP contribution in [0.5, 0.6) is 5.75 Å². The maximum Gasteiger partial charge on any atom is 0.135 e. The van der Waals surface area contributed by atoms with E-state index >= 15 is 0 Å². The van der Waals surface area contributed by atoms with Crippen LogP contribution in [0.15, 0.2) is 30.6 Å². The van der Waals surface area contributed by atoms with Gasteiger partial charge in [0.05, 0.1) is 12.8 Å². The molecular weight excluding hydrogens is 374 g/mol. The van der Waals surface area contributed by atoms with E-state index in [1.807, 2.05) is 12.1 Å². The molecule has 5 rings (SSSR count). The fourth-order valence-electron chi connectivity index (χ4n) is 5.22. The van der Waals surface area contributed by atoms with Crippen molar-refractivity contribution in [2.75, 3.05) is 44.7 Å². The molecule has 0 amide bonds. The summed E-state index contributed by atoms with van der Waals surface area (Å²) in [5.41, 5.74) is 3.79. The molecule has 2 aromatic rings. The van der Waals surface area contributed by atoms with Gasteiger partial charge in [-0.15, -0.1) is 0 Å². The zero-order valence-electron chi connectivity index (χ0n) is 18.3. The Kier molecular flexibility index (Phi) is 5.61. The largest absolute Gasteiger partial charge is 0.496 e. The number of aromatic nitrogens is 2. The third kappa shape index (κ3) is 3.67. The molecule has 160 valence electrons. The van der Waals surface area contributed by atoms with Gasteiger partial charge in [0.1, 0.15) is 17.9 Å². The van der Waals surface area contributed by atoms with Crippen LogP contribution in [-0.4, -0.2) is 65.6 Å². The molecule has 6 nitrogen and oxygen atoms in total. The van der Waals surface area contributed by atoms with Gasteiger partial charge in [-0.05, 0) is 32.3 Å². The average molecular weight is 408 g/mol. The molecule has 1 atom stereocenters. The lowest BCUT2D eigenvalue weighted by atomic mass is 9.91. The van der Waals surface area contributed by atoms with Crippen LogP contribution in [0.2, 0.25) is 0 Å². The van der Waals surface area contributed by atoms with E-state index in [1.165, 1.54) is 55.0 Å². The number of benzene rings is 1. The monoisotopic (exact) mass is 407 g/mol. The molecule has 1 saturated carbocycles. The number of piperazine rings is 1. The van der Waals surface area contributed by atoms with E-state index in [0.717, 1.165) is 44.4 Å². The third-order valence-corrected chi connectivity index (χ3v) is 7.36. The number of para-hydroxylation sites is 1. The molecular formula is C24H33N5O. The van der Waals surface area contributed by atoms with Gasteiger partial charge in [-0.2, -0.15) is 0 Å². The van der Waals surface area contributed by atoms with Crippen LogP contribution in [0.25, 0.3) is 0 Å². The minimum absolute atomic E-state index is 0.290. The quantitative estimate of drug-likeness (QED) is 0.758. The average Bonchev–Trinajstić information content (AvgIpc) is 2.77. The highest BCUT2D eigenvalue weighted by Crippen LogP contribution is 2.34. The van der Waals surface area contributed by atoms with Gasteiger partial charge in [-0.3, -0.25) is 9.80 Å². The van der Waals surface area contributed by atoms with E-state index in [4.69, 9.17) is 9.72 Å². The van der Waals surface area contributed by atoms with E-state index in [2.05, 4.69) is 38.7 Å². The molecule has 0 bridgehead atoms. The fourth-order valence-corrected chi connectivity index (χ4v) is 5.22. The van der Waals surface area contributed by atoms with Crippen LogP contribution in [0.4, 0.5) is 5.82 Å². The first-order valence-corrected chi connectivity index (χ1v) is 11.4. The van der Waals surface area contributed by atoms with Crippen LogP contribution in [0, 0.1) is 0 Å². The highest BCUT2D eigenvalue weighted by atomic mass is 16.5. The number of methoxy groups -OCH3 is 1. The number of hydrogen-bond acceptors (Lipinski definition) is 6. The van der Waals surface area contributed by atoms with Gasteiger partial charge in [-0.1, -0.05) is 24.6 Å². The van der Waals surface area contributed by atoms with E-state index in [-0.39, 0.29) is 0 Å². The predicted molar refractivity (Wildman–Crippen MR) is 119 cm³/mol. The van der Waals surface area contributed by atoms with Gasteiger partial charge in [-0.25, -0.2) is 9.97 Å². The Bertz CT molecular complexity index is 876. The lowest BCUT2D eigenvalue weighted by Crippen LogP contribution is -2.52. The molecule has 0 radical (unpaired) electrons. The van der Waals surface area contributed by atoms with Crippen molar-refractivity contribution in [2.45, 2.75) is 51.2 Å². The summed E-state index contributed by atoms with van der Waals surface area (Å²) in [4.78, 5) is 17.1. The predicted octanol–water partition coefficient (Wildman–Crippen LogP) is 3.28. The number of rotatable bonds is 5. The van der Waals surface area contributed by atoms with Crippen molar-refractivity contribution in [1.82, 2.24) is 19.8 Å².